The Morgan fingerprint density at radius 3 is 2.60 bits per heavy atom. The maximum atomic E-state index is 13.1. The maximum Gasteiger partial charge on any atom is 0.254 e. The van der Waals surface area contributed by atoms with Gasteiger partial charge in [0.25, 0.3) is 5.91 Å². The van der Waals surface area contributed by atoms with Crippen molar-refractivity contribution in [3.63, 3.8) is 0 Å². The summed E-state index contributed by atoms with van der Waals surface area (Å²) in [7, 11) is 0. The Morgan fingerprint density at radius 1 is 0.960 bits per heavy atom. The van der Waals surface area contributed by atoms with E-state index < -0.39 is 0 Å². The van der Waals surface area contributed by atoms with Gasteiger partial charge in [-0.05, 0) is 40.4 Å². The van der Waals surface area contributed by atoms with Crippen LogP contribution in [0, 0.1) is 0 Å². The highest BCUT2D eigenvalue weighted by Gasteiger charge is 2.18. The molecule has 0 radical (unpaired) electrons. The molecular formula is C21H17NO2S. The Kier molecular flexibility index (Phi) is 4.36. The molecule has 0 atom stereocenters. The lowest BCUT2D eigenvalue weighted by Gasteiger charge is -2.22. The van der Waals surface area contributed by atoms with Crippen molar-refractivity contribution in [2.24, 2.45) is 0 Å². The summed E-state index contributed by atoms with van der Waals surface area (Å²) in [4.78, 5) is 16.2. The minimum absolute atomic E-state index is 0.0281. The number of fused-ring (bicyclic) bond motifs is 1. The van der Waals surface area contributed by atoms with Crippen LogP contribution in [0.4, 0.5) is 0 Å². The molecule has 25 heavy (non-hydrogen) atoms. The Morgan fingerprint density at radius 2 is 1.84 bits per heavy atom. The highest BCUT2D eigenvalue weighted by Crippen LogP contribution is 2.20. The topological polar surface area (TPSA) is 33.5 Å². The number of hydrogen-bond acceptors (Lipinski definition) is 3. The second-order valence-electron chi connectivity index (χ2n) is 5.93. The molecule has 1 amide bonds. The molecule has 0 aliphatic rings. The van der Waals surface area contributed by atoms with Gasteiger partial charge in [0.15, 0.2) is 0 Å². The van der Waals surface area contributed by atoms with Gasteiger partial charge in [0, 0.05) is 22.5 Å². The molecule has 0 spiro atoms. The van der Waals surface area contributed by atoms with Crippen LogP contribution in [-0.2, 0) is 13.1 Å². The van der Waals surface area contributed by atoms with E-state index in [1.54, 1.807) is 23.9 Å². The summed E-state index contributed by atoms with van der Waals surface area (Å²) < 4.78 is 5.16. The SMILES string of the molecule is O=C(c1ccc2ccccc2c1)N(Cc1ccoc1)Cc1cccs1. The third-order valence-electron chi connectivity index (χ3n) is 4.16. The maximum absolute atomic E-state index is 13.1. The van der Waals surface area contributed by atoms with Gasteiger partial charge < -0.3 is 9.32 Å². The average molecular weight is 347 g/mol. The standard InChI is InChI=1S/C21H17NO2S/c23-21(19-8-7-17-4-1-2-5-18(17)12-19)22(13-16-9-10-24-15-16)14-20-6-3-11-25-20/h1-12,15H,13-14H2. The van der Waals surface area contributed by atoms with Crippen molar-refractivity contribution in [2.75, 3.05) is 0 Å². The van der Waals surface area contributed by atoms with Crippen LogP contribution in [0.25, 0.3) is 10.8 Å². The molecule has 2 aromatic carbocycles. The highest BCUT2D eigenvalue weighted by molar-refractivity contribution is 7.09. The predicted octanol–water partition coefficient (Wildman–Crippen LogP) is 5.34. The van der Waals surface area contributed by atoms with Gasteiger partial charge in [-0.15, -0.1) is 11.3 Å². The first-order valence-corrected chi connectivity index (χ1v) is 8.99. The largest absolute Gasteiger partial charge is 0.472 e. The number of carbonyl (C=O) groups is 1. The lowest BCUT2D eigenvalue weighted by molar-refractivity contribution is 0.0731. The third-order valence-corrected chi connectivity index (χ3v) is 5.03. The smallest absolute Gasteiger partial charge is 0.254 e. The van der Waals surface area contributed by atoms with Crippen molar-refractivity contribution in [1.29, 1.82) is 0 Å². The second-order valence-corrected chi connectivity index (χ2v) is 6.97. The first-order chi connectivity index (χ1) is 12.3. The number of hydrogen-bond donors (Lipinski definition) is 0. The van der Waals surface area contributed by atoms with Gasteiger partial charge in [0.05, 0.1) is 19.1 Å². The van der Waals surface area contributed by atoms with E-state index in [1.165, 1.54) is 0 Å². The monoisotopic (exact) mass is 347 g/mol. The Labute approximate surface area is 150 Å². The number of rotatable bonds is 5. The van der Waals surface area contributed by atoms with E-state index in [0.717, 1.165) is 21.2 Å². The minimum Gasteiger partial charge on any atom is -0.472 e. The van der Waals surface area contributed by atoms with Gasteiger partial charge >= 0.3 is 0 Å². The summed E-state index contributed by atoms with van der Waals surface area (Å²) in [6, 6.07) is 19.9. The minimum atomic E-state index is 0.0281. The van der Waals surface area contributed by atoms with E-state index in [2.05, 4.69) is 12.1 Å². The third kappa shape index (κ3) is 3.49. The van der Waals surface area contributed by atoms with Gasteiger partial charge in [-0.1, -0.05) is 36.4 Å². The zero-order valence-electron chi connectivity index (χ0n) is 13.6. The predicted molar refractivity (Wildman–Crippen MR) is 101 cm³/mol. The van der Waals surface area contributed by atoms with Crippen LogP contribution in [0.1, 0.15) is 20.8 Å². The number of amides is 1. The van der Waals surface area contributed by atoms with Crippen molar-refractivity contribution in [1.82, 2.24) is 4.90 Å². The normalized spacial score (nSPS) is 10.9. The Hall–Kier alpha value is -2.85. The molecule has 2 heterocycles. The van der Waals surface area contributed by atoms with Crippen molar-refractivity contribution in [3.05, 3.63) is 94.6 Å². The molecule has 0 bridgehead atoms. The number of furan rings is 1. The van der Waals surface area contributed by atoms with E-state index in [9.17, 15) is 4.79 Å². The quantitative estimate of drug-likeness (QED) is 0.488. The number of thiophene rings is 1. The van der Waals surface area contributed by atoms with Crippen molar-refractivity contribution < 1.29 is 9.21 Å². The summed E-state index contributed by atoms with van der Waals surface area (Å²) in [6.45, 7) is 1.12. The molecule has 0 fully saturated rings. The summed E-state index contributed by atoms with van der Waals surface area (Å²) >= 11 is 1.66. The summed E-state index contributed by atoms with van der Waals surface area (Å²) in [6.07, 6.45) is 3.33. The van der Waals surface area contributed by atoms with Crippen LogP contribution in [0.15, 0.2) is 83.0 Å². The van der Waals surface area contributed by atoms with E-state index in [-0.39, 0.29) is 5.91 Å². The van der Waals surface area contributed by atoms with Crippen molar-refractivity contribution in [3.8, 4) is 0 Å². The fourth-order valence-electron chi connectivity index (χ4n) is 2.90. The van der Waals surface area contributed by atoms with Crippen LogP contribution in [0.2, 0.25) is 0 Å². The van der Waals surface area contributed by atoms with E-state index in [4.69, 9.17) is 4.42 Å². The fourth-order valence-corrected chi connectivity index (χ4v) is 3.62. The molecule has 4 rings (SSSR count). The molecule has 0 N–H and O–H groups in total. The molecule has 3 nitrogen and oxygen atoms in total. The summed E-state index contributed by atoms with van der Waals surface area (Å²) in [5, 5.41) is 4.25. The molecule has 2 aromatic heterocycles. The van der Waals surface area contributed by atoms with Crippen LogP contribution >= 0.6 is 11.3 Å². The Balaban J connectivity index is 1.65. The fraction of sp³-hybridized carbons (Fsp3) is 0.0952. The molecule has 124 valence electrons. The average Bonchev–Trinajstić information content (AvgIpc) is 3.34. The van der Waals surface area contributed by atoms with Gasteiger partial charge in [-0.3, -0.25) is 4.79 Å². The molecule has 4 heteroatoms. The van der Waals surface area contributed by atoms with Crippen LogP contribution in [0.5, 0.6) is 0 Å². The lowest BCUT2D eigenvalue weighted by atomic mass is 10.1. The zero-order valence-corrected chi connectivity index (χ0v) is 14.4. The molecule has 4 aromatic rings. The molecule has 0 aliphatic carbocycles. The van der Waals surface area contributed by atoms with Crippen LogP contribution in [0.3, 0.4) is 0 Å². The summed E-state index contributed by atoms with van der Waals surface area (Å²) in [5.41, 5.74) is 1.70. The zero-order chi connectivity index (χ0) is 17.1. The van der Waals surface area contributed by atoms with Crippen LogP contribution in [-0.4, -0.2) is 10.8 Å². The first kappa shape index (κ1) is 15.7. The highest BCUT2D eigenvalue weighted by atomic mass is 32.1. The van der Waals surface area contributed by atoms with E-state index >= 15 is 0 Å². The second kappa shape index (κ2) is 6.95. The van der Waals surface area contributed by atoms with Crippen molar-refractivity contribution >= 4 is 28.0 Å². The van der Waals surface area contributed by atoms with Gasteiger partial charge in [-0.2, -0.15) is 0 Å². The van der Waals surface area contributed by atoms with E-state index in [0.29, 0.717) is 18.7 Å². The van der Waals surface area contributed by atoms with Gasteiger partial charge in [-0.25, -0.2) is 0 Å². The number of nitrogens with zero attached hydrogens (tertiary/aromatic N) is 1. The molecule has 0 aliphatic heterocycles. The first-order valence-electron chi connectivity index (χ1n) is 8.11. The van der Waals surface area contributed by atoms with Gasteiger partial charge in [0.2, 0.25) is 0 Å². The molecular weight excluding hydrogens is 330 g/mol. The lowest BCUT2D eigenvalue weighted by Crippen LogP contribution is -2.29. The molecule has 0 saturated carbocycles. The number of carbonyl (C=O) groups excluding carboxylic acids is 1. The van der Waals surface area contributed by atoms with Crippen LogP contribution < -0.4 is 0 Å². The Bertz CT molecular complexity index is 938. The number of benzene rings is 2. The molecule has 0 saturated heterocycles. The van der Waals surface area contributed by atoms with Gasteiger partial charge in [0.1, 0.15) is 0 Å². The van der Waals surface area contributed by atoms with E-state index in [1.807, 2.05) is 58.8 Å². The van der Waals surface area contributed by atoms with Crippen molar-refractivity contribution in [2.45, 2.75) is 13.1 Å². The molecule has 0 unspecified atom stereocenters. The summed E-state index contributed by atoms with van der Waals surface area (Å²) in [5.74, 6) is 0.0281.